The third kappa shape index (κ3) is 5.19. The molecule has 4 rings (SSSR count). The van der Waals surface area contributed by atoms with Gasteiger partial charge in [0.2, 0.25) is 15.9 Å². The van der Waals surface area contributed by atoms with Crippen LogP contribution in [-0.4, -0.2) is 41.9 Å². The zero-order chi connectivity index (χ0) is 24.3. The number of halogens is 2. The number of hydrogen-bond donors (Lipinski definition) is 1. The average molecular weight is 505 g/mol. The maximum absolute atomic E-state index is 13.9. The minimum atomic E-state index is -4.02. The Morgan fingerprint density at radius 3 is 2.79 bits per heavy atom. The van der Waals surface area contributed by atoms with Gasteiger partial charge in [-0.2, -0.15) is 4.31 Å². The molecule has 0 bridgehead atoms. The summed E-state index contributed by atoms with van der Waals surface area (Å²) in [5.74, 6) is -0.989. The normalized spacial score (nSPS) is 17.2. The van der Waals surface area contributed by atoms with Crippen LogP contribution in [0.5, 0.6) is 0 Å². The van der Waals surface area contributed by atoms with Crippen LogP contribution in [0.1, 0.15) is 29.9 Å². The molecule has 1 atom stereocenters. The molecular formula is C23H22ClFN4O4S. The average Bonchev–Trinajstić information content (AvgIpc) is 3.21. The van der Waals surface area contributed by atoms with Crippen molar-refractivity contribution < 1.29 is 22.1 Å². The molecule has 3 heterocycles. The van der Waals surface area contributed by atoms with Crippen molar-refractivity contribution >= 4 is 45.5 Å². The molecule has 1 aliphatic rings. The Morgan fingerprint density at radius 1 is 1.26 bits per heavy atom. The molecule has 1 fully saturated rings. The van der Waals surface area contributed by atoms with Gasteiger partial charge in [0.05, 0.1) is 10.9 Å². The van der Waals surface area contributed by atoms with Crippen LogP contribution in [0.25, 0.3) is 12.2 Å². The highest BCUT2D eigenvalue weighted by molar-refractivity contribution is 7.89. The molecule has 1 unspecified atom stereocenters. The highest BCUT2D eigenvalue weighted by atomic mass is 35.5. The van der Waals surface area contributed by atoms with Crippen LogP contribution in [0.4, 0.5) is 10.2 Å². The molecule has 0 saturated carbocycles. The zero-order valence-electron chi connectivity index (χ0n) is 18.2. The van der Waals surface area contributed by atoms with Crippen molar-refractivity contribution in [1.82, 2.24) is 14.4 Å². The summed E-state index contributed by atoms with van der Waals surface area (Å²) in [6.45, 7) is 1.78. The SMILES string of the molecule is Cc1noc(C=Cc2ccccc2F)c1S(=O)(=O)N1CCCC(C(=O)Nc2ccc(Cl)cn2)C1. The van der Waals surface area contributed by atoms with Gasteiger partial charge >= 0.3 is 0 Å². The fourth-order valence-electron chi connectivity index (χ4n) is 3.76. The second-order valence-electron chi connectivity index (χ2n) is 7.87. The van der Waals surface area contributed by atoms with Gasteiger partial charge in [0.15, 0.2) is 10.7 Å². The van der Waals surface area contributed by atoms with Crippen molar-refractivity contribution in [2.24, 2.45) is 5.92 Å². The maximum atomic E-state index is 13.9. The fourth-order valence-corrected chi connectivity index (χ4v) is 5.64. The summed E-state index contributed by atoms with van der Waals surface area (Å²) in [5, 5.41) is 6.95. The minimum absolute atomic E-state index is 0.00214. The number of nitrogens with one attached hydrogen (secondary N) is 1. The zero-order valence-corrected chi connectivity index (χ0v) is 19.8. The number of hydrogen-bond acceptors (Lipinski definition) is 6. The quantitative estimate of drug-likeness (QED) is 0.534. The molecule has 8 nitrogen and oxygen atoms in total. The lowest BCUT2D eigenvalue weighted by Crippen LogP contribution is -2.44. The number of carbonyl (C=O) groups excluding carboxylic acids is 1. The molecule has 1 amide bonds. The van der Waals surface area contributed by atoms with E-state index in [1.807, 2.05) is 0 Å². The second kappa shape index (κ2) is 10.0. The third-order valence-corrected chi connectivity index (χ3v) is 7.73. The van der Waals surface area contributed by atoms with Gasteiger partial charge in [-0.3, -0.25) is 4.79 Å². The van der Waals surface area contributed by atoms with Crippen LogP contribution in [-0.2, 0) is 14.8 Å². The number of sulfonamides is 1. The van der Waals surface area contributed by atoms with E-state index in [0.717, 1.165) is 0 Å². The molecule has 1 N–H and O–H groups in total. The highest BCUT2D eigenvalue weighted by Crippen LogP contribution is 2.30. The van der Waals surface area contributed by atoms with E-state index in [4.69, 9.17) is 16.1 Å². The molecule has 1 saturated heterocycles. The molecule has 2 aromatic heterocycles. The third-order valence-electron chi connectivity index (χ3n) is 5.48. The van der Waals surface area contributed by atoms with Gasteiger partial charge < -0.3 is 9.84 Å². The number of piperidine rings is 1. The van der Waals surface area contributed by atoms with Gasteiger partial charge in [0.25, 0.3) is 0 Å². The summed E-state index contributed by atoms with van der Waals surface area (Å²) in [6.07, 6.45) is 5.27. The van der Waals surface area contributed by atoms with Gasteiger partial charge in [0, 0.05) is 24.8 Å². The van der Waals surface area contributed by atoms with Crippen molar-refractivity contribution in [1.29, 1.82) is 0 Å². The summed E-state index contributed by atoms with van der Waals surface area (Å²) in [7, 11) is -4.02. The van der Waals surface area contributed by atoms with Crippen LogP contribution in [0.3, 0.4) is 0 Å². The lowest BCUT2D eigenvalue weighted by Gasteiger charge is -2.31. The molecule has 178 valence electrons. The van der Waals surface area contributed by atoms with E-state index in [0.29, 0.717) is 23.7 Å². The molecule has 0 aliphatic carbocycles. The Morgan fingerprint density at radius 2 is 2.06 bits per heavy atom. The lowest BCUT2D eigenvalue weighted by molar-refractivity contribution is -0.120. The summed E-state index contributed by atoms with van der Waals surface area (Å²) in [4.78, 5) is 16.7. The second-order valence-corrected chi connectivity index (χ2v) is 10.2. The van der Waals surface area contributed by atoms with Crippen LogP contribution in [0, 0.1) is 18.7 Å². The number of anilines is 1. The Bertz CT molecular complexity index is 1320. The summed E-state index contributed by atoms with van der Waals surface area (Å²) in [6, 6.07) is 9.28. The van der Waals surface area contributed by atoms with Crippen molar-refractivity contribution in [3.63, 3.8) is 0 Å². The number of pyridine rings is 1. The predicted molar refractivity (Wildman–Crippen MR) is 126 cm³/mol. The molecule has 11 heteroatoms. The van der Waals surface area contributed by atoms with E-state index in [9.17, 15) is 17.6 Å². The van der Waals surface area contributed by atoms with Crippen LogP contribution in [0.2, 0.25) is 5.02 Å². The van der Waals surface area contributed by atoms with E-state index in [1.54, 1.807) is 30.3 Å². The number of aryl methyl sites for hydroxylation is 1. The molecule has 3 aromatic rings. The van der Waals surface area contributed by atoms with Crippen molar-refractivity contribution in [2.75, 3.05) is 18.4 Å². The monoisotopic (exact) mass is 504 g/mol. The first-order chi connectivity index (χ1) is 16.3. The number of aromatic nitrogens is 2. The van der Waals surface area contributed by atoms with Gasteiger partial charge in [-0.15, -0.1) is 0 Å². The van der Waals surface area contributed by atoms with Gasteiger partial charge in [-0.1, -0.05) is 35.0 Å². The summed E-state index contributed by atoms with van der Waals surface area (Å²) in [5.41, 5.74) is 0.468. The molecule has 34 heavy (non-hydrogen) atoms. The Labute approximate surface area is 201 Å². The van der Waals surface area contributed by atoms with Crippen LogP contribution >= 0.6 is 11.6 Å². The van der Waals surface area contributed by atoms with Gasteiger partial charge in [-0.05, 0) is 50.1 Å². The molecule has 0 radical (unpaired) electrons. The molecule has 1 aliphatic heterocycles. The smallest absolute Gasteiger partial charge is 0.248 e. The molecular weight excluding hydrogens is 483 g/mol. The summed E-state index contributed by atoms with van der Waals surface area (Å²) < 4.78 is 47.4. The standard InChI is InChI=1S/C23H22ClFN4O4S/c1-15-22(20(33-28-15)10-8-16-5-2-3-7-19(16)25)34(31,32)29-12-4-6-17(14-29)23(30)27-21-11-9-18(24)13-26-21/h2-3,5,7-11,13,17H,4,6,12,14H2,1H3,(H,26,27,30). The van der Waals surface area contributed by atoms with Crippen LogP contribution < -0.4 is 5.32 Å². The Balaban J connectivity index is 1.54. The van der Waals surface area contributed by atoms with Gasteiger partial charge in [0.1, 0.15) is 17.3 Å². The highest BCUT2D eigenvalue weighted by Gasteiger charge is 2.37. The Kier molecular flexibility index (Phi) is 7.11. The van der Waals surface area contributed by atoms with Crippen LogP contribution in [0.15, 0.2) is 52.0 Å². The first-order valence-electron chi connectivity index (χ1n) is 10.6. The minimum Gasteiger partial charge on any atom is -0.355 e. The van der Waals surface area contributed by atoms with E-state index in [-0.39, 0.29) is 40.9 Å². The summed E-state index contributed by atoms with van der Waals surface area (Å²) >= 11 is 5.82. The topological polar surface area (TPSA) is 105 Å². The number of benzene rings is 1. The van der Waals surface area contributed by atoms with E-state index in [2.05, 4.69) is 15.5 Å². The molecule has 0 spiro atoms. The van der Waals surface area contributed by atoms with Crippen molar-refractivity contribution in [3.8, 4) is 0 Å². The molecule has 1 aromatic carbocycles. The first kappa shape index (κ1) is 24.1. The number of rotatable bonds is 6. The van der Waals surface area contributed by atoms with Gasteiger partial charge in [-0.25, -0.2) is 17.8 Å². The maximum Gasteiger partial charge on any atom is 0.248 e. The van der Waals surface area contributed by atoms with Crippen molar-refractivity contribution in [2.45, 2.75) is 24.7 Å². The fraction of sp³-hybridized carbons (Fsp3) is 0.261. The van der Waals surface area contributed by atoms with Crippen molar-refractivity contribution in [3.05, 3.63) is 70.5 Å². The number of nitrogens with zero attached hydrogens (tertiary/aromatic N) is 3. The number of amides is 1. The predicted octanol–water partition coefficient (Wildman–Crippen LogP) is 4.38. The lowest BCUT2D eigenvalue weighted by atomic mass is 9.99. The largest absolute Gasteiger partial charge is 0.355 e. The van der Waals surface area contributed by atoms with E-state index in [1.165, 1.54) is 35.6 Å². The first-order valence-corrected chi connectivity index (χ1v) is 12.4. The Hall–Kier alpha value is -3.08. The van der Waals surface area contributed by atoms with E-state index < -0.39 is 21.8 Å². The number of carbonyl (C=O) groups is 1. The van der Waals surface area contributed by atoms with E-state index >= 15 is 0 Å².